The summed E-state index contributed by atoms with van der Waals surface area (Å²) < 4.78 is 0. The van der Waals surface area contributed by atoms with Gasteiger partial charge < -0.3 is 5.11 Å². The Bertz CT molecular complexity index is 149. The van der Waals surface area contributed by atoms with Crippen molar-refractivity contribution in [2.75, 3.05) is 0 Å². The quantitative estimate of drug-likeness (QED) is 0.510. The number of allylic oxidation sites excluding steroid dienone is 1. The normalized spacial score (nSPS) is 41.2. The molecule has 0 aromatic rings. The zero-order valence-electron chi connectivity index (χ0n) is 6.96. The minimum absolute atomic E-state index is 0.122. The van der Waals surface area contributed by atoms with Crippen molar-refractivity contribution in [3.63, 3.8) is 0 Å². The molecule has 0 bridgehead atoms. The molecule has 3 atom stereocenters. The van der Waals surface area contributed by atoms with E-state index in [1.165, 1.54) is 5.57 Å². The first-order valence-corrected chi connectivity index (χ1v) is 3.96. The third kappa shape index (κ3) is 1.40. The van der Waals surface area contributed by atoms with Crippen LogP contribution in [0.4, 0.5) is 0 Å². The molecule has 1 aliphatic carbocycles. The minimum atomic E-state index is -0.122. The summed E-state index contributed by atoms with van der Waals surface area (Å²) in [6, 6.07) is 0. The zero-order valence-corrected chi connectivity index (χ0v) is 6.96. The van der Waals surface area contributed by atoms with E-state index < -0.39 is 0 Å². The van der Waals surface area contributed by atoms with Crippen LogP contribution in [0.3, 0.4) is 0 Å². The average molecular weight is 140 g/mol. The lowest BCUT2D eigenvalue weighted by Gasteiger charge is -2.28. The lowest BCUT2D eigenvalue weighted by molar-refractivity contribution is 0.0755. The third-order valence-corrected chi connectivity index (χ3v) is 2.31. The van der Waals surface area contributed by atoms with Crippen LogP contribution >= 0.6 is 0 Å². The molecule has 1 aliphatic rings. The van der Waals surface area contributed by atoms with Crippen LogP contribution in [0.25, 0.3) is 0 Å². The maximum atomic E-state index is 9.52. The van der Waals surface area contributed by atoms with E-state index in [-0.39, 0.29) is 6.10 Å². The van der Waals surface area contributed by atoms with Crippen molar-refractivity contribution in [3.05, 3.63) is 11.6 Å². The van der Waals surface area contributed by atoms with Gasteiger partial charge in [0.1, 0.15) is 0 Å². The van der Waals surface area contributed by atoms with E-state index in [9.17, 15) is 5.11 Å². The van der Waals surface area contributed by atoms with E-state index in [0.717, 1.165) is 6.42 Å². The van der Waals surface area contributed by atoms with Crippen LogP contribution in [0.5, 0.6) is 0 Å². The Morgan fingerprint density at radius 3 is 2.60 bits per heavy atom. The molecule has 0 unspecified atom stereocenters. The number of aliphatic hydroxyl groups is 1. The highest BCUT2D eigenvalue weighted by Crippen LogP contribution is 2.27. The lowest BCUT2D eigenvalue weighted by atomic mass is 9.82. The standard InChI is InChI=1S/C9H16O/c1-6-4-7(2)9(10)8(3)5-6/h4,7-10H,5H2,1-3H3/t7-,8+,9+/m1/s1. The molecule has 0 heterocycles. The van der Waals surface area contributed by atoms with E-state index in [1.807, 2.05) is 0 Å². The zero-order chi connectivity index (χ0) is 7.72. The van der Waals surface area contributed by atoms with Gasteiger partial charge in [-0.25, -0.2) is 0 Å². The van der Waals surface area contributed by atoms with Crippen molar-refractivity contribution >= 4 is 0 Å². The SMILES string of the molecule is CC1=C[C@@H](C)[C@H](O)[C@@H](C)C1. The second-order valence-electron chi connectivity index (χ2n) is 3.54. The number of hydrogen-bond donors (Lipinski definition) is 1. The van der Waals surface area contributed by atoms with Crippen molar-refractivity contribution < 1.29 is 5.11 Å². The average Bonchev–Trinajstić information content (AvgIpc) is 1.82. The molecule has 1 nitrogen and oxygen atoms in total. The summed E-state index contributed by atoms with van der Waals surface area (Å²) in [5.74, 6) is 0.795. The summed E-state index contributed by atoms with van der Waals surface area (Å²) in [6.07, 6.45) is 3.11. The van der Waals surface area contributed by atoms with Crippen molar-refractivity contribution in [3.8, 4) is 0 Å². The first kappa shape index (κ1) is 7.80. The highest BCUT2D eigenvalue weighted by molar-refractivity contribution is 5.08. The first-order chi connectivity index (χ1) is 4.61. The van der Waals surface area contributed by atoms with Crippen molar-refractivity contribution in [1.82, 2.24) is 0 Å². The van der Waals surface area contributed by atoms with Crippen LogP contribution in [0.1, 0.15) is 27.2 Å². The van der Waals surface area contributed by atoms with Gasteiger partial charge in [0.2, 0.25) is 0 Å². The molecule has 0 saturated carbocycles. The molecule has 0 aromatic heterocycles. The second-order valence-corrected chi connectivity index (χ2v) is 3.54. The molecule has 0 aromatic carbocycles. The van der Waals surface area contributed by atoms with E-state index >= 15 is 0 Å². The van der Waals surface area contributed by atoms with Crippen LogP contribution in [-0.2, 0) is 0 Å². The summed E-state index contributed by atoms with van der Waals surface area (Å²) >= 11 is 0. The summed E-state index contributed by atoms with van der Waals surface area (Å²) in [7, 11) is 0. The topological polar surface area (TPSA) is 20.2 Å². The van der Waals surface area contributed by atoms with Crippen molar-refractivity contribution in [1.29, 1.82) is 0 Å². The summed E-state index contributed by atoms with van der Waals surface area (Å²) in [5, 5.41) is 9.52. The molecule has 1 rings (SSSR count). The number of rotatable bonds is 0. The highest BCUT2D eigenvalue weighted by atomic mass is 16.3. The van der Waals surface area contributed by atoms with Crippen LogP contribution < -0.4 is 0 Å². The second kappa shape index (κ2) is 2.75. The Morgan fingerprint density at radius 1 is 1.50 bits per heavy atom. The third-order valence-electron chi connectivity index (χ3n) is 2.31. The molecule has 0 fully saturated rings. The van der Waals surface area contributed by atoms with Gasteiger partial charge in [0.05, 0.1) is 6.10 Å². The fourth-order valence-corrected chi connectivity index (χ4v) is 1.76. The molecular weight excluding hydrogens is 124 g/mol. The predicted molar refractivity (Wildman–Crippen MR) is 42.7 cm³/mol. The van der Waals surface area contributed by atoms with Gasteiger partial charge in [0.25, 0.3) is 0 Å². The van der Waals surface area contributed by atoms with Gasteiger partial charge in [-0.2, -0.15) is 0 Å². The number of hydrogen-bond acceptors (Lipinski definition) is 1. The Kier molecular flexibility index (Phi) is 2.14. The van der Waals surface area contributed by atoms with Gasteiger partial charge in [-0.1, -0.05) is 25.5 Å². The van der Waals surface area contributed by atoms with Crippen molar-refractivity contribution in [2.45, 2.75) is 33.3 Å². The molecule has 10 heavy (non-hydrogen) atoms. The maximum Gasteiger partial charge on any atom is 0.0628 e. The molecule has 0 saturated heterocycles. The molecule has 0 radical (unpaired) electrons. The van der Waals surface area contributed by atoms with Gasteiger partial charge in [-0.3, -0.25) is 0 Å². The Morgan fingerprint density at radius 2 is 2.10 bits per heavy atom. The van der Waals surface area contributed by atoms with Gasteiger partial charge >= 0.3 is 0 Å². The highest BCUT2D eigenvalue weighted by Gasteiger charge is 2.23. The predicted octanol–water partition coefficient (Wildman–Crippen LogP) is 1.97. The van der Waals surface area contributed by atoms with Gasteiger partial charge in [-0.15, -0.1) is 0 Å². The molecule has 0 amide bonds. The van der Waals surface area contributed by atoms with E-state index in [2.05, 4.69) is 26.8 Å². The Labute approximate surface area is 62.8 Å². The largest absolute Gasteiger partial charge is 0.392 e. The Balaban J connectivity index is 2.69. The molecular formula is C9H16O. The van der Waals surface area contributed by atoms with Crippen LogP contribution in [0.15, 0.2) is 11.6 Å². The fraction of sp³-hybridized carbons (Fsp3) is 0.778. The van der Waals surface area contributed by atoms with Gasteiger partial charge in [0, 0.05) is 5.92 Å². The monoisotopic (exact) mass is 140 g/mol. The summed E-state index contributed by atoms with van der Waals surface area (Å²) in [4.78, 5) is 0. The molecule has 0 spiro atoms. The van der Waals surface area contributed by atoms with Crippen molar-refractivity contribution in [2.24, 2.45) is 11.8 Å². The van der Waals surface area contributed by atoms with Crippen LogP contribution in [0, 0.1) is 11.8 Å². The van der Waals surface area contributed by atoms with Crippen LogP contribution in [-0.4, -0.2) is 11.2 Å². The molecule has 0 aliphatic heterocycles. The van der Waals surface area contributed by atoms with E-state index in [4.69, 9.17) is 0 Å². The minimum Gasteiger partial charge on any atom is -0.392 e. The number of aliphatic hydroxyl groups excluding tert-OH is 1. The summed E-state index contributed by atoms with van der Waals surface area (Å²) in [5.41, 5.74) is 1.42. The smallest absolute Gasteiger partial charge is 0.0628 e. The molecule has 1 heteroatoms. The Hall–Kier alpha value is -0.300. The van der Waals surface area contributed by atoms with Gasteiger partial charge in [-0.05, 0) is 19.3 Å². The molecule has 1 N–H and O–H groups in total. The van der Waals surface area contributed by atoms with Gasteiger partial charge in [0.15, 0.2) is 0 Å². The first-order valence-electron chi connectivity index (χ1n) is 3.96. The summed E-state index contributed by atoms with van der Waals surface area (Å²) in [6.45, 7) is 6.32. The fourth-order valence-electron chi connectivity index (χ4n) is 1.76. The maximum absolute atomic E-state index is 9.52. The lowest BCUT2D eigenvalue weighted by Crippen LogP contribution is -2.28. The van der Waals surface area contributed by atoms with E-state index in [0.29, 0.717) is 11.8 Å². The van der Waals surface area contributed by atoms with Crippen LogP contribution in [0.2, 0.25) is 0 Å². The molecule has 58 valence electrons. The van der Waals surface area contributed by atoms with E-state index in [1.54, 1.807) is 0 Å².